The standard InChI is InChI=1S/C12H7Br2F3O3S/c1-6-7-2-5-10(14)11(8(7)3-4-9(6)13)20-21(18,19)12(15,16)17/h2-5H,1H3. The number of rotatable bonds is 2. The predicted octanol–water partition coefficient (Wildman–Crippen LogP) is 4.90. The molecule has 0 saturated carbocycles. The van der Waals surface area contributed by atoms with Crippen molar-refractivity contribution in [3.63, 3.8) is 0 Å². The third-order valence-electron chi connectivity index (χ3n) is 2.78. The normalized spacial score (nSPS) is 12.7. The lowest BCUT2D eigenvalue weighted by Gasteiger charge is -2.14. The van der Waals surface area contributed by atoms with Gasteiger partial charge in [0.15, 0.2) is 5.75 Å². The minimum atomic E-state index is -5.73. The first-order valence-corrected chi connectivity index (χ1v) is 8.42. The predicted molar refractivity (Wildman–Crippen MR) is 79.7 cm³/mol. The summed E-state index contributed by atoms with van der Waals surface area (Å²) in [5.74, 6) is -0.388. The van der Waals surface area contributed by atoms with Crippen LogP contribution in [0.15, 0.2) is 33.2 Å². The molecule has 0 saturated heterocycles. The number of hydrogen-bond acceptors (Lipinski definition) is 3. The zero-order chi connectivity index (χ0) is 16.0. The molecular weight excluding hydrogens is 441 g/mol. The van der Waals surface area contributed by atoms with E-state index in [0.717, 1.165) is 10.0 Å². The lowest BCUT2D eigenvalue weighted by molar-refractivity contribution is -0.0499. The van der Waals surface area contributed by atoms with E-state index in [1.807, 2.05) is 0 Å². The second kappa shape index (κ2) is 5.44. The first kappa shape index (κ1) is 16.6. The van der Waals surface area contributed by atoms with E-state index in [9.17, 15) is 21.6 Å². The topological polar surface area (TPSA) is 43.4 Å². The van der Waals surface area contributed by atoms with Crippen LogP contribution in [0.1, 0.15) is 5.56 Å². The molecule has 0 atom stereocenters. The van der Waals surface area contributed by atoms with Gasteiger partial charge in [-0.15, -0.1) is 0 Å². The number of fused-ring (bicyclic) bond motifs is 1. The van der Waals surface area contributed by atoms with Crippen molar-refractivity contribution in [1.29, 1.82) is 0 Å². The van der Waals surface area contributed by atoms with Gasteiger partial charge in [0.05, 0.1) is 4.47 Å². The molecule has 0 unspecified atom stereocenters. The molecule has 0 fully saturated rings. The molecule has 2 rings (SSSR count). The monoisotopic (exact) mass is 446 g/mol. The van der Waals surface area contributed by atoms with E-state index in [2.05, 4.69) is 36.0 Å². The summed E-state index contributed by atoms with van der Waals surface area (Å²) in [6.07, 6.45) is 0. The van der Waals surface area contributed by atoms with E-state index >= 15 is 0 Å². The third-order valence-corrected chi connectivity index (χ3v) is 5.22. The molecule has 0 spiro atoms. The van der Waals surface area contributed by atoms with Gasteiger partial charge >= 0.3 is 15.6 Å². The zero-order valence-electron chi connectivity index (χ0n) is 10.3. The van der Waals surface area contributed by atoms with Crippen molar-refractivity contribution in [1.82, 2.24) is 0 Å². The quantitative estimate of drug-likeness (QED) is 0.485. The van der Waals surface area contributed by atoms with Crippen LogP contribution >= 0.6 is 31.9 Å². The van der Waals surface area contributed by atoms with Gasteiger partial charge in [-0.05, 0) is 52.0 Å². The molecule has 0 heterocycles. The molecule has 0 N–H and O–H groups in total. The molecule has 0 aliphatic rings. The minimum absolute atomic E-state index is 0.115. The molecule has 3 nitrogen and oxygen atoms in total. The molecule has 0 aliphatic heterocycles. The van der Waals surface area contributed by atoms with Gasteiger partial charge in [-0.1, -0.05) is 22.0 Å². The van der Waals surface area contributed by atoms with Crippen molar-refractivity contribution < 1.29 is 25.8 Å². The highest BCUT2D eigenvalue weighted by Crippen LogP contribution is 2.39. The van der Waals surface area contributed by atoms with E-state index in [1.165, 1.54) is 12.1 Å². The SMILES string of the molecule is Cc1c(Br)ccc2c(OS(=O)(=O)C(F)(F)F)c(Br)ccc12. The fraction of sp³-hybridized carbons (Fsp3) is 0.167. The molecule has 0 aliphatic carbocycles. The van der Waals surface area contributed by atoms with Gasteiger partial charge in [0.2, 0.25) is 0 Å². The molecule has 0 bridgehead atoms. The van der Waals surface area contributed by atoms with Crippen LogP contribution in [0.5, 0.6) is 5.75 Å². The summed E-state index contributed by atoms with van der Waals surface area (Å²) in [5.41, 5.74) is -4.73. The highest BCUT2D eigenvalue weighted by atomic mass is 79.9. The summed E-state index contributed by atoms with van der Waals surface area (Å²) in [6, 6.07) is 6.19. The van der Waals surface area contributed by atoms with Gasteiger partial charge in [0.25, 0.3) is 0 Å². The van der Waals surface area contributed by atoms with E-state index in [-0.39, 0.29) is 15.6 Å². The van der Waals surface area contributed by atoms with Crippen LogP contribution in [0.4, 0.5) is 13.2 Å². The Kier molecular flexibility index (Phi) is 4.29. The molecule has 0 radical (unpaired) electrons. The largest absolute Gasteiger partial charge is 0.534 e. The molecule has 9 heteroatoms. The van der Waals surface area contributed by atoms with Gasteiger partial charge in [0, 0.05) is 9.86 Å². The smallest absolute Gasteiger partial charge is 0.374 e. The summed E-state index contributed by atoms with van der Waals surface area (Å²) < 4.78 is 64.9. The second-order valence-corrected chi connectivity index (χ2v) is 7.37. The number of hydrogen-bond donors (Lipinski definition) is 0. The number of aryl methyl sites for hydroxylation is 1. The van der Waals surface area contributed by atoms with Gasteiger partial charge < -0.3 is 4.18 Å². The van der Waals surface area contributed by atoms with Crippen molar-refractivity contribution in [2.75, 3.05) is 0 Å². The maximum Gasteiger partial charge on any atom is 0.534 e. The summed E-state index contributed by atoms with van der Waals surface area (Å²) in [7, 11) is -5.73. The number of benzene rings is 2. The highest BCUT2D eigenvalue weighted by molar-refractivity contribution is 9.10. The van der Waals surface area contributed by atoms with Crippen LogP contribution in [-0.2, 0) is 10.1 Å². The number of halogens is 5. The van der Waals surface area contributed by atoms with Gasteiger partial charge in [0.1, 0.15) is 0 Å². The van der Waals surface area contributed by atoms with Gasteiger partial charge in [-0.3, -0.25) is 0 Å². The van der Waals surface area contributed by atoms with Crippen LogP contribution in [0.25, 0.3) is 10.8 Å². The van der Waals surface area contributed by atoms with Crippen LogP contribution in [0.3, 0.4) is 0 Å². The molecule has 114 valence electrons. The van der Waals surface area contributed by atoms with E-state index < -0.39 is 15.6 Å². The Bertz CT molecular complexity index is 817. The maximum atomic E-state index is 12.5. The van der Waals surface area contributed by atoms with E-state index in [4.69, 9.17) is 0 Å². The molecule has 0 amide bonds. The Morgan fingerprint density at radius 1 is 1.00 bits per heavy atom. The Balaban J connectivity index is 2.70. The van der Waals surface area contributed by atoms with Crippen molar-refractivity contribution >= 4 is 52.8 Å². The van der Waals surface area contributed by atoms with E-state index in [1.54, 1.807) is 19.1 Å². The Morgan fingerprint density at radius 2 is 1.52 bits per heavy atom. The third kappa shape index (κ3) is 3.04. The van der Waals surface area contributed by atoms with Crippen molar-refractivity contribution in [3.8, 4) is 5.75 Å². The van der Waals surface area contributed by atoms with Crippen molar-refractivity contribution in [3.05, 3.63) is 38.8 Å². The fourth-order valence-electron chi connectivity index (χ4n) is 1.72. The molecule has 2 aromatic rings. The average Bonchev–Trinajstić information content (AvgIpc) is 2.35. The zero-order valence-corrected chi connectivity index (χ0v) is 14.3. The van der Waals surface area contributed by atoms with Gasteiger partial charge in [-0.25, -0.2) is 0 Å². The Morgan fingerprint density at radius 3 is 2.10 bits per heavy atom. The Hall–Kier alpha value is -0.800. The summed E-state index contributed by atoms with van der Waals surface area (Å²) in [5, 5.41) is 0.845. The number of alkyl halides is 3. The molecular formula is C12H7Br2F3O3S. The highest BCUT2D eigenvalue weighted by Gasteiger charge is 2.49. The van der Waals surface area contributed by atoms with Crippen LogP contribution in [-0.4, -0.2) is 13.9 Å². The van der Waals surface area contributed by atoms with Crippen molar-refractivity contribution in [2.45, 2.75) is 12.4 Å². The van der Waals surface area contributed by atoms with E-state index in [0.29, 0.717) is 5.39 Å². The molecule has 2 aromatic carbocycles. The summed E-state index contributed by atoms with van der Waals surface area (Å²) in [6.45, 7) is 1.75. The maximum absolute atomic E-state index is 12.5. The first-order chi connectivity index (χ1) is 9.54. The van der Waals surface area contributed by atoms with Crippen molar-refractivity contribution in [2.24, 2.45) is 0 Å². The van der Waals surface area contributed by atoms with Gasteiger partial charge in [-0.2, -0.15) is 21.6 Å². The lowest BCUT2D eigenvalue weighted by atomic mass is 10.1. The minimum Gasteiger partial charge on any atom is -0.374 e. The first-order valence-electron chi connectivity index (χ1n) is 5.42. The fourth-order valence-corrected chi connectivity index (χ4v) is 3.09. The molecule has 0 aromatic heterocycles. The summed E-state index contributed by atoms with van der Waals surface area (Å²) >= 11 is 6.31. The summed E-state index contributed by atoms with van der Waals surface area (Å²) in [4.78, 5) is 0. The molecule has 21 heavy (non-hydrogen) atoms. The average molecular weight is 448 g/mol. The van der Waals surface area contributed by atoms with Crippen LogP contribution in [0, 0.1) is 6.92 Å². The van der Waals surface area contributed by atoms with Crippen LogP contribution in [0.2, 0.25) is 0 Å². The second-order valence-electron chi connectivity index (χ2n) is 4.13. The lowest BCUT2D eigenvalue weighted by Crippen LogP contribution is -2.28. The Labute approximate surface area is 135 Å². The van der Waals surface area contributed by atoms with Crippen LogP contribution < -0.4 is 4.18 Å².